The molecule has 0 aromatic carbocycles. The molecule has 1 rings (SSSR count). The summed E-state index contributed by atoms with van der Waals surface area (Å²) in [4.78, 5) is 2.18. The highest BCUT2D eigenvalue weighted by molar-refractivity contribution is 5.09. The van der Waals surface area contributed by atoms with E-state index in [1.165, 1.54) is 0 Å². The molecule has 1 unspecified atom stereocenters. The minimum absolute atomic E-state index is 0.408. The molecule has 1 aliphatic heterocycles. The molecule has 1 saturated heterocycles. The number of hydrogen-bond donors (Lipinski definition) is 0. The summed E-state index contributed by atoms with van der Waals surface area (Å²) in [5.74, 6) is 0. The molecule has 1 aliphatic rings. The van der Waals surface area contributed by atoms with Crippen LogP contribution < -0.4 is 0 Å². The van der Waals surface area contributed by atoms with Crippen LogP contribution in [0.2, 0.25) is 0 Å². The topological polar surface area (TPSA) is 27.0 Å². The first-order valence-corrected chi connectivity index (χ1v) is 4.23. The van der Waals surface area contributed by atoms with E-state index in [1.54, 1.807) is 0 Å². The van der Waals surface area contributed by atoms with Crippen molar-refractivity contribution < 1.29 is 0 Å². The molecule has 0 aliphatic carbocycles. The average molecular weight is 162 g/mol. The molecule has 12 heavy (non-hydrogen) atoms. The maximum Gasteiger partial charge on any atom is 0.0640 e. The van der Waals surface area contributed by atoms with Gasteiger partial charge in [-0.1, -0.05) is 12.7 Å². The summed E-state index contributed by atoms with van der Waals surface area (Å²) in [7, 11) is 0. The van der Waals surface area contributed by atoms with E-state index in [1.807, 2.05) is 6.08 Å². The van der Waals surface area contributed by atoms with E-state index in [9.17, 15) is 0 Å². The fraction of sp³-hybridized carbons (Fsp3) is 0.500. The zero-order valence-electron chi connectivity index (χ0n) is 7.29. The Kier molecular flexibility index (Phi) is 2.93. The smallest absolute Gasteiger partial charge is 0.0640 e. The van der Waals surface area contributed by atoms with Crippen molar-refractivity contribution in [2.75, 3.05) is 6.54 Å². The predicted octanol–water partition coefficient (Wildman–Crippen LogP) is 2.06. The number of nitrogens with zero attached hydrogens (tertiary/aromatic N) is 2. The quantitative estimate of drug-likeness (QED) is 0.594. The van der Waals surface area contributed by atoms with Crippen LogP contribution in [0.15, 0.2) is 24.9 Å². The summed E-state index contributed by atoms with van der Waals surface area (Å²) in [6, 6.07) is 2.55. The van der Waals surface area contributed by atoms with Crippen molar-refractivity contribution in [2.45, 2.75) is 25.3 Å². The molecule has 64 valence electrons. The van der Waals surface area contributed by atoms with E-state index in [4.69, 9.17) is 5.26 Å². The number of hydrogen-bond acceptors (Lipinski definition) is 2. The minimum Gasteiger partial charge on any atom is -0.368 e. The predicted molar refractivity (Wildman–Crippen MR) is 49.3 cm³/mol. The molecule has 0 bridgehead atoms. The summed E-state index contributed by atoms with van der Waals surface area (Å²) in [6.07, 6.45) is 4.66. The summed E-state index contributed by atoms with van der Waals surface area (Å²) < 4.78 is 0. The Hall–Kier alpha value is -1.23. The lowest BCUT2D eigenvalue weighted by molar-refractivity contribution is 0.344. The Labute approximate surface area is 73.8 Å². The number of rotatable bonds is 3. The Balaban J connectivity index is 2.52. The van der Waals surface area contributed by atoms with Crippen LogP contribution in [0.3, 0.4) is 0 Å². The fourth-order valence-electron chi connectivity index (χ4n) is 1.59. The van der Waals surface area contributed by atoms with Gasteiger partial charge >= 0.3 is 0 Å². The Morgan fingerprint density at radius 1 is 1.75 bits per heavy atom. The molecule has 0 radical (unpaired) electrons. The minimum atomic E-state index is 0.408. The van der Waals surface area contributed by atoms with Crippen LogP contribution in [0.5, 0.6) is 0 Å². The van der Waals surface area contributed by atoms with E-state index in [0.717, 1.165) is 25.1 Å². The maximum atomic E-state index is 8.44. The zero-order chi connectivity index (χ0) is 8.97. The van der Waals surface area contributed by atoms with Crippen molar-refractivity contribution in [1.29, 1.82) is 5.26 Å². The van der Waals surface area contributed by atoms with Crippen LogP contribution in [-0.2, 0) is 0 Å². The third-order valence-electron chi connectivity index (χ3n) is 2.27. The second-order valence-electron chi connectivity index (χ2n) is 3.01. The van der Waals surface area contributed by atoms with Crippen molar-refractivity contribution >= 4 is 0 Å². The molecule has 0 aromatic heterocycles. The van der Waals surface area contributed by atoms with Crippen molar-refractivity contribution in [3.05, 3.63) is 24.9 Å². The van der Waals surface area contributed by atoms with Crippen molar-refractivity contribution in [3.8, 4) is 6.07 Å². The average Bonchev–Trinajstić information content (AvgIpc) is 2.43. The third-order valence-corrected chi connectivity index (χ3v) is 2.27. The van der Waals surface area contributed by atoms with Gasteiger partial charge in [-0.2, -0.15) is 5.26 Å². The molecule has 0 N–H and O–H groups in total. The van der Waals surface area contributed by atoms with Crippen LogP contribution in [0.25, 0.3) is 0 Å². The lowest BCUT2D eigenvalue weighted by atomic mass is 10.2. The van der Waals surface area contributed by atoms with Gasteiger partial charge in [-0.25, -0.2) is 0 Å². The second-order valence-corrected chi connectivity index (χ2v) is 3.01. The SMILES string of the molecule is C=CC1CCC(=C)N1CCC#N. The van der Waals surface area contributed by atoms with Gasteiger partial charge in [0.2, 0.25) is 0 Å². The second kappa shape index (κ2) is 3.96. The van der Waals surface area contributed by atoms with E-state index in [2.05, 4.69) is 24.1 Å². The van der Waals surface area contributed by atoms with E-state index in [0.29, 0.717) is 12.5 Å². The highest BCUT2D eigenvalue weighted by Gasteiger charge is 2.23. The molecule has 0 saturated carbocycles. The Bertz CT molecular complexity index is 224. The molecule has 0 amide bonds. The number of likely N-dealkylation sites (tertiary alicyclic amines) is 1. The molecule has 0 aromatic rings. The molecular weight excluding hydrogens is 148 g/mol. The molecule has 0 spiro atoms. The first-order valence-electron chi connectivity index (χ1n) is 4.23. The van der Waals surface area contributed by atoms with E-state index >= 15 is 0 Å². The van der Waals surface area contributed by atoms with Crippen molar-refractivity contribution in [1.82, 2.24) is 4.90 Å². The van der Waals surface area contributed by atoms with Crippen LogP contribution in [0.4, 0.5) is 0 Å². The number of allylic oxidation sites excluding steroid dienone is 1. The van der Waals surface area contributed by atoms with Crippen molar-refractivity contribution in [3.63, 3.8) is 0 Å². The zero-order valence-corrected chi connectivity index (χ0v) is 7.29. The van der Waals surface area contributed by atoms with Gasteiger partial charge in [-0.15, -0.1) is 6.58 Å². The van der Waals surface area contributed by atoms with Crippen LogP contribution in [0.1, 0.15) is 19.3 Å². The lowest BCUT2D eigenvalue weighted by Crippen LogP contribution is -2.26. The third kappa shape index (κ3) is 1.68. The summed E-state index contributed by atoms with van der Waals surface area (Å²) in [5, 5.41) is 8.44. The normalized spacial score (nSPS) is 22.4. The molecule has 2 nitrogen and oxygen atoms in total. The van der Waals surface area contributed by atoms with Gasteiger partial charge < -0.3 is 4.90 Å². The van der Waals surface area contributed by atoms with Gasteiger partial charge in [0.25, 0.3) is 0 Å². The van der Waals surface area contributed by atoms with Gasteiger partial charge in [0.1, 0.15) is 0 Å². The molecule has 1 heterocycles. The first kappa shape index (κ1) is 8.86. The van der Waals surface area contributed by atoms with Gasteiger partial charge in [0, 0.05) is 18.3 Å². The molecular formula is C10H14N2. The monoisotopic (exact) mass is 162 g/mol. The summed E-state index contributed by atoms with van der Waals surface area (Å²) >= 11 is 0. The summed E-state index contributed by atoms with van der Waals surface area (Å²) in [5.41, 5.74) is 1.15. The Morgan fingerprint density at radius 3 is 3.08 bits per heavy atom. The van der Waals surface area contributed by atoms with E-state index < -0.39 is 0 Å². The van der Waals surface area contributed by atoms with E-state index in [-0.39, 0.29) is 0 Å². The Morgan fingerprint density at radius 2 is 2.50 bits per heavy atom. The fourth-order valence-corrected chi connectivity index (χ4v) is 1.59. The van der Waals surface area contributed by atoms with Crippen LogP contribution in [-0.4, -0.2) is 17.5 Å². The highest BCUT2D eigenvalue weighted by atomic mass is 15.2. The standard InChI is InChI=1S/C10H14N2/c1-3-10-6-5-9(2)12(10)8-4-7-11/h3,10H,1-2,4-6,8H2. The summed E-state index contributed by atoms with van der Waals surface area (Å²) in [6.45, 7) is 8.52. The van der Waals surface area contributed by atoms with Gasteiger partial charge in [0.15, 0.2) is 0 Å². The number of nitriles is 1. The first-order chi connectivity index (χ1) is 5.79. The molecule has 2 heteroatoms. The lowest BCUT2D eigenvalue weighted by Gasteiger charge is -2.23. The highest BCUT2D eigenvalue weighted by Crippen LogP contribution is 2.26. The van der Waals surface area contributed by atoms with Crippen molar-refractivity contribution in [2.24, 2.45) is 0 Å². The van der Waals surface area contributed by atoms with Gasteiger partial charge in [0.05, 0.1) is 12.5 Å². The molecule has 1 atom stereocenters. The van der Waals surface area contributed by atoms with Gasteiger partial charge in [-0.3, -0.25) is 0 Å². The largest absolute Gasteiger partial charge is 0.368 e. The van der Waals surface area contributed by atoms with Crippen LogP contribution in [0, 0.1) is 11.3 Å². The molecule has 1 fully saturated rings. The van der Waals surface area contributed by atoms with Gasteiger partial charge in [-0.05, 0) is 12.8 Å². The van der Waals surface area contributed by atoms with Crippen LogP contribution >= 0.6 is 0 Å². The maximum absolute atomic E-state index is 8.44.